The van der Waals surface area contributed by atoms with Gasteiger partial charge in [-0.05, 0) is 0 Å². The van der Waals surface area contributed by atoms with Gasteiger partial charge in [0.1, 0.15) is 0 Å². The number of methoxy groups -OCH3 is 2. The average molecular weight is 194 g/mol. The monoisotopic (exact) mass is 194 g/mol. The van der Waals surface area contributed by atoms with E-state index in [4.69, 9.17) is 0 Å². The van der Waals surface area contributed by atoms with E-state index >= 15 is 0 Å². The van der Waals surface area contributed by atoms with Gasteiger partial charge in [-0.1, -0.05) is 7.43 Å². The molecule has 0 spiro atoms. The minimum absolute atomic E-state index is 0. The summed E-state index contributed by atoms with van der Waals surface area (Å²) in [6, 6.07) is 0. The van der Waals surface area contributed by atoms with Crippen molar-refractivity contribution in [3.63, 3.8) is 0 Å². The molecule has 6 heteroatoms. The number of nitrogens with one attached hydrogen (secondary N) is 2. The number of rotatable bonds is 0. The molecule has 0 saturated heterocycles. The molecule has 2 N–H and O–H groups in total. The zero-order valence-corrected chi connectivity index (χ0v) is 7.63. The second kappa shape index (κ2) is 13.2. The van der Waals surface area contributed by atoms with E-state index in [1.807, 2.05) is 0 Å². The Morgan fingerprint density at radius 1 is 0.923 bits per heavy atom. The number of carbonyl (C=O) groups excluding carboxylic acids is 2. The van der Waals surface area contributed by atoms with Gasteiger partial charge in [0, 0.05) is 14.1 Å². The Morgan fingerprint density at radius 2 is 1.15 bits per heavy atom. The maximum absolute atomic E-state index is 9.85. The summed E-state index contributed by atoms with van der Waals surface area (Å²) < 4.78 is 8.30. The van der Waals surface area contributed by atoms with Crippen LogP contribution in [-0.2, 0) is 9.47 Å². The van der Waals surface area contributed by atoms with Crippen molar-refractivity contribution in [3.05, 3.63) is 0 Å². The molecule has 0 unspecified atom stereocenters. The standard InChI is InChI=1S/2C3H7NO2.CH4/c2*1-4-3(5)6-2;/h2*1-2H3,(H,4,5);1H4. The van der Waals surface area contributed by atoms with Crippen molar-refractivity contribution < 1.29 is 19.1 Å². The van der Waals surface area contributed by atoms with E-state index < -0.39 is 12.2 Å². The van der Waals surface area contributed by atoms with E-state index in [0.717, 1.165) is 0 Å². The molecule has 0 aromatic rings. The van der Waals surface area contributed by atoms with Crippen molar-refractivity contribution in [2.75, 3.05) is 28.3 Å². The van der Waals surface area contributed by atoms with E-state index in [-0.39, 0.29) is 7.43 Å². The molecule has 0 aliphatic carbocycles. The van der Waals surface area contributed by atoms with Crippen molar-refractivity contribution in [2.24, 2.45) is 0 Å². The molecule has 0 aliphatic rings. The number of alkyl carbamates (subject to hydrolysis) is 2. The number of amides is 2. The Balaban J connectivity index is -0.000000143. The highest BCUT2D eigenvalue weighted by molar-refractivity contribution is 5.66. The molecule has 0 atom stereocenters. The minimum Gasteiger partial charge on any atom is -0.453 e. The fourth-order valence-corrected chi connectivity index (χ4v) is 0.204. The first-order chi connectivity index (χ1) is 5.62. The fourth-order valence-electron chi connectivity index (χ4n) is 0.204. The van der Waals surface area contributed by atoms with Crippen LogP contribution in [0.1, 0.15) is 7.43 Å². The van der Waals surface area contributed by atoms with E-state index in [1.165, 1.54) is 28.3 Å². The summed E-state index contributed by atoms with van der Waals surface area (Å²) in [5.41, 5.74) is 0. The zero-order chi connectivity index (χ0) is 9.98. The largest absolute Gasteiger partial charge is 0.453 e. The van der Waals surface area contributed by atoms with Crippen LogP contribution in [0, 0.1) is 0 Å². The molecular weight excluding hydrogens is 176 g/mol. The lowest BCUT2D eigenvalue weighted by molar-refractivity contribution is 0.172. The first-order valence-electron chi connectivity index (χ1n) is 3.13. The van der Waals surface area contributed by atoms with Crippen LogP contribution in [0.2, 0.25) is 0 Å². The summed E-state index contributed by atoms with van der Waals surface area (Å²) in [5, 5.41) is 4.51. The summed E-state index contributed by atoms with van der Waals surface area (Å²) in [7, 11) is 5.65. The topological polar surface area (TPSA) is 76.7 Å². The van der Waals surface area contributed by atoms with Crippen LogP contribution in [0.5, 0.6) is 0 Å². The normalized spacial score (nSPS) is 6.46. The molecule has 80 valence electrons. The van der Waals surface area contributed by atoms with Crippen LogP contribution in [-0.4, -0.2) is 40.5 Å². The first-order valence-corrected chi connectivity index (χ1v) is 3.13. The molecule has 0 fully saturated rings. The molecule has 0 aliphatic heterocycles. The van der Waals surface area contributed by atoms with Crippen LogP contribution in [0.3, 0.4) is 0 Å². The van der Waals surface area contributed by atoms with E-state index in [2.05, 4.69) is 20.1 Å². The van der Waals surface area contributed by atoms with Crippen LogP contribution in [0.4, 0.5) is 9.59 Å². The van der Waals surface area contributed by atoms with Gasteiger partial charge < -0.3 is 20.1 Å². The minimum atomic E-state index is -0.407. The molecule has 2 amide bonds. The summed E-state index contributed by atoms with van der Waals surface area (Å²) in [6.07, 6.45) is -0.815. The molecule has 0 aromatic carbocycles. The molecular formula is C7H18N2O4. The van der Waals surface area contributed by atoms with Gasteiger partial charge in [-0.3, -0.25) is 0 Å². The van der Waals surface area contributed by atoms with Crippen LogP contribution in [0.15, 0.2) is 0 Å². The van der Waals surface area contributed by atoms with Gasteiger partial charge >= 0.3 is 12.2 Å². The first kappa shape index (κ1) is 17.6. The highest BCUT2D eigenvalue weighted by Crippen LogP contribution is 1.62. The molecule has 0 saturated carbocycles. The zero-order valence-electron chi connectivity index (χ0n) is 7.63. The quantitative estimate of drug-likeness (QED) is 0.591. The number of hydrogen-bond donors (Lipinski definition) is 2. The van der Waals surface area contributed by atoms with E-state index in [1.54, 1.807) is 0 Å². The summed E-state index contributed by atoms with van der Waals surface area (Å²) in [4.78, 5) is 19.7. The summed E-state index contributed by atoms with van der Waals surface area (Å²) in [5.74, 6) is 0. The van der Waals surface area contributed by atoms with Gasteiger partial charge in [-0.25, -0.2) is 9.59 Å². The second-order valence-corrected chi connectivity index (χ2v) is 1.48. The Hall–Kier alpha value is -1.46. The molecule has 0 heterocycles. The van der Waals surface area contributed by atoms with Crippen molar-refractivity contribution in [3.8, 4) is 0 Å². The average Bonchev–Trinajstić information content (AvgIpc) is 2.16. The molecule has 13 heavy (non-hydrogen) atoms. The van der Waals surface area contributed by atoms with Crippen LogP contribution < -0.4 is 10.6 Å². The Labute approximate surface area is 78.6 Å². The Morgan fingerprint density at radius 3 is 1.15 bits per heavy atom. The van der Waals surface area contributed by atoms with Gasteiger partial charge in [0.05, 0.1) is 14.2 Å². The highest BCUT2D eigenvalue weighted by Gasteiger charge is 1.85. The number of hydrogen-bond acceptors (Lipinski definition) is 4. The molecule has 0 radical (unpaired) electrons. The summed E-state index contributed by atoms with van der Waals surface area (Å²) >= 11 is 0. The SMILES string of the molecule is C.CNC(=O)OC.CNC(=O)OC. The smallest absolute Gasteiger partial charge is 0.406 e. The van der Waals surface area contributed by atoms with E-state index in [0.29, 0.717) is 0 Å². The molecule has 6 nitrogen and oxygen atoms in total. The summed E-state index contributed by atoms with van der Waals surface area (Å²) in [6.45, 7) is 0. The predicted molar refractivity (Wildman–Crippen MR) is 49.7 cm³/mol. The van der Waals surface area contributed by atoms with Crippen molar-refractivity contribution in [2.45, 2.75) is 7.43 Å². The predicted octanol–water partition coefficient (Wildman–Crippen LogP) is 0.581. The van der Waals surface area contributed by atoms with E-state index in [9.17, 15) is 9.59 Å². The maximum Gasteiger partial charge on any atom is 0.406 e. The third kappa shape index (κ3) is 18.0. The van der Waals surface area contributed by atoms with Gasteiger partial charge in [0.15, 0.2) is 0 Å². The Kier molecular flexibility index (Phi) is 17.8. The molecule has 0 aromatic heterocycles. The number of ether oxygens (including phenoxy) is 2. The lowest BCUT2D eigenvalue weighted by Crippen LogP contribution is -2.16. The van der Waals surface area contributed by atoms with Gasteiger partial charge in [0.2, 0.25) is 0 Å². The van der Waals surface area contributed by atoms with Gasteiger partial charge in [-0.15, -0.1) is 0 Å². The van der Waals surface area contributed by atoms with Crippen LogP contribution >= 0.6 is 0 Å². The maximum atomic E-state index is 9.85. The van der Waals surface area contributed by atoms with Gasteiger partial charge in [-0.2, -0.15) is 0 Å². The van der Waals surface area contributed by atoms with Crippen molar-refractivity contribution in [1.82, 2.24) is 10.6 Å². The van der Waals surface area contributed by atoms with Crippen molar-refractivity contribution >= 4 is 12.2 Å². The van der Waals surface area contributed by atoms with Crippen molar-refractivity contribution in [1.29, 1.82) is 0 Å². The van der Waals surface area contributed by atoms with Crippen LogP contribution in [0.25, 0.3) is 0 Å². The third-order valence-electron chi connectivity index (χ3n) is 0.779. The lowest BCUT2D eigenvalue weighted by atomic mass is 11.1. The number of carbonyl (C=O) groups is 2. The molecule has 0 bridgehead atoms. The fraction of sp³-hybridized carbons (Fsp3) is 0.714. The second-order valence-electron chi connectivity index (χ2n) is 1.48. The highest BCUT2D eigenvalue weighted by atomic mass is 16.5. The Bertz CT molecular complexity index is 110. The molecule has 0 rings (SSSR count). The lowest BCUT2D eigenvalue weighted by Gasteiger charge is -1.90. The van der Waals surface area contributed by atoms with Gasteiger partial charge in [0.25, 0.3) is 0 Å². The third-order valence-corrected chi connectivity index (χ3v) is 0.779.